The maximum atomic E-state index is 12.3. The summed E-state index contributed by atoms with van der Waals surface area (Å²) in [5.41, 5.74) is 0. The molecule has 0 bridgehead atoms. The van der Waals surface area contributed by atoms with Crippen LogP contribution in [0.2, 0.25) is 0 Å². The highest BCUT2D eigenvalue weighted by Gasteiger charge is 2.48. The molecule has 0 aromatic heterocycles. The average Bonchev–Trinajstić information content (AvgIpc) is 4.30. The van der Waals surface area contributed by atoms with Crippen molar-refractivity contribution in [2.24, 2.45) is 0 Å². The van der Waals surface area contributed by atoms with E-state index in [1.807, 2.05) is 35.7 Å². The first-order valence-electron chi connectivity index (χ1n) is 28.9. The number of likely N-dealkylation sites (N-methyl/N-ethyl adjacent to an activating group) is 5. The number of carbonyl (C=O) groups excluding carboxylic acids is 10. The molecule has 0 spiro atoms. The maximum absolute atomic E-state index is 12.3. The maximum Gasteiger partial charge on any atom is 0.242 e. The molecule has 0 radical (unpaired) electrons. The number of carbonyl (C=O) groups is 10. The van der Waals surface area contributed by atoms with Crippen LogP contribution in [0.1, 0.15) is 137 Å². The Bertz CT molecular complexity index is 1970. The number of thioether (sulfide) groups is 1. The van der Waals surface area contributed by atoms with Crippen LogP contribution >= 0.6 is 11.8 Å². The third kappa shape index (κ3) is 14.9. The molecular weight excluding hydrogens is 1040 g/mol. The number of amides is 5. The van der Waals surface area contributed by atoms with Crippen LogP contribution in [0, 0.1) is 0 Å². The summed E-state index contributed by atoms with van der Waals surface area (Å²) < 4.78 is 5.62. The van der Waals surface area contributed by atoms with Crippen LogP contribution in [0.15, 0.2) is 0 Å². The zero-order valence-corrected chi connectivity index (χ0v) is 49.3. The van der Waals surface area contributed by atoms with Crippen molar-refractivity contribution in [2.45, 2.75) is 228 Å². The smallest absolute Gasteiger partial charge is 0.242 e. The van der Waals surface area contributed by atoms with Crippen molar-refractivity contribution in [3.05, 3.63) is 0 Å². The van der Waals surface area contributed by atoms with E-state index in [1.165, 1.54) is 0 Å². The molecule has 10 fully saturated rings. The van der Waals surface area contributed by atoms with E-state index in [2.05, 4.69) is 37.2 Å². The minimum atomic E-state index is -0.286. The van der Waals surface area contributed by atoms with Gasteiger partial charge in [-0.3, -0.25) is 58.6 Å². The van der Waals surface area contributed by atoms with E-state index in [0.29, 0.717) is 25.6 Å². The fourth-order valence-corrected chi connectivity index (χ4v) is 14.6. The molecule has 15 unspecified atom stereocenters. The summed E-state index contributed by atoms with van der Waals surface area (Å²) in [6.45, 7) is 9.90. The lowest BCUT2D eigenvalue weighted by molar-refractivity contribution is -0.146. The second kappa shape index (κ2) is 29.6. The predicted octanol–water partition coefficient (Wildman–Crippen LogP) is -0.217. The molecule has 444 valence electrons. The van der Waals surface area contributed by atoms with E-state index >= 15 is 0 Å². The van der Waals surface area contributed by atoms with Crippen LogP contribution in [0.4, 0.5) is 0 Å². The molecule has 0 aliphatic carbocycles. The van der Waals surface area contributed by atoms with Crippen molar-refractivity contribution in [1.82, 2.24) is 61.7 Å². The van der Waals surface area contributed by atoms with Gasteiger partial charge in [-0.1, -0.05) is 0 Å². The minimum Gasteiger partial charge on any atom is -0.358 e. The van der Waals surface area contributed by atoms with Crippen LogP contribution in [-0.2, 0) is 52.7 Å². The normalized spacial score (nSPS) is 34.9. The molecular formula is C55H92N12O11S. The van der Waals surface area contributed by atoms with Gasteiger partial charge in [0.1, 0.15) is 6.23 Å². The van der Waals surface area contributed by atoms with Gasteiger partial charge in [0, 0.05) is 12.6 Å². The number of fused-ring (bicyclic) bond motifs is 5. The van der Waals surface area contributed by atoms with Crippen LogP contribution in [0.5, 0.6) is 0 Å². The highest BCUT2D eigenvalue weighted by Crippen LogP contribution is 2.37. The predicted molar refractivity (Wildman–Crippen MR) is 298 cm³/mol. The number of nitrogens with one attached hydrogen (secondary N) is 7. The molecule has 10 aliphatic heterocycles. The van der Waals surface area contributed by atoms with E-state index < -0.39 is 0 Å². The molecule has 7 N–H and O–H groups in total. The monoisotopic (exact) mass is 1130 g/mol. The van der Waals surface area contributed by atoms with Crippen molar-refractivity contribution >= 4 is 70.2 Å². The quantitative estimate of drug-likeness (QED) is 0.149. The van der Waals surface area contributed by atoms with Gasteiger partial charge in [0.15, 0.2) is 28.9 Å². The molecule has 10 rings (SSSR count). The first-order valence-corrected chi connectivity index (χ1v) is 30.0. The van der Waals surface area contributed by atoms with Gasteiger partial charge in [0.25, 0.3) is 0 Å². The number of rotatable bonds is 10. The molecule has 79 heavy (non-hydrogen) atoms. The SMILES string of the molecule is CNC1CCCC2CCC(C(C)=O)N2C1=O.CNC1CCNC2CCC(C(C)=O)N2C1=O.CNC1CCOC2CCC(C(C)=O)N2C1=O.CNC1CCSC2CCC(C(C)=O)N2C1=O.CNC1CNC2CCC(C(C)=O)N2C1=O. The van der Waals surface area contributed by atoms with Gasteiger partial charge in [-0.2, -0.15) is 0 Å². The molecule has 5 amide bonds. The largest absolute Gasteiger partial charge is 0.358 e. The number of hydrogen-bond donors (Lipinski definition) is 7. The van der Waals surface area contributed by atoms with Crippen molar-refractivity contribution < 1.29 is 52.7 Å². The zero-order chi connectivity index (χ0) is 57.8. The van der Waals surface area contributed by atoms with E-state index in [4.69, 9.17) is 4.74 Å². The fraction of sp³-hybridized carbons (Fsp3) is 0.818. The van der Waals surface area contributed by atoms with Crippen molar-refractivity contribution in [2.75, 3.05) is 60.7 Å². The molecule has 23 nitrogen and oxygen atoms in total. The number of ketones is 5. The molecule has 0 saturated carbocycles. The molecule has 10 aliphatic rings. The summed E-state index contributed by atoms with van der Waals surface area (Å²) in [4.78, 5) is 127. The lowest BCUT2D eigenvalue weighted by Gasteiger charge is -2.37. The Morgan fingerprint density at radius 3 is 1.42 bits per heavy atom. The number of ether oxygens (including phenoxy) is 1. The highest BCUT2D eigenvalue weighted by atomic mass is 32.2. The Labute approximate surface area is 471 Å². The Balaban J connectivity index is 0.000000160. The fourth-order valence-electron chi connectivity index (χ4n) is 13.2. The van der Waals surface area contributed by atoms with Crippen LogP contribution < -0.4 is 37.2 Å². The topological polar surface area (TPSA) is 280 Å². The molecule has 0 aromatic rings. The zero-order valence-electron chi connectivity index (χ0n) is 48.4. The first kappa shape index (κ1) is 63.9. The number of hydrogen-bond acceptors (Lipinski definition) is 19. The van der Waals surface area contributed by atoms with Gasteiger partial charge in [-0.15, -0.1) is 11.8 Å². The van der Waals surface area contributed by atoms with E-state index in [-0.39, 0.29) is 143 Å². The Morgan fingerprint density at radius 1 is 0.430 bits per heavy atom. The lowest BCUT2D eigenvalue weighted by Crippen LogP contribution is -2.64. The summed E-state index contributed by atoms with van der Waals surface area (Å²) in [6, 6.07) is -1.53. The number of Topliss-reactive ketones (excluding diaryl/α,β-unsaturated/α-hetero) is 5. The van der Waals surface area contributed by atoms with Gasteiger partial charge in [-0.25, -0.2) is 0 Å². The van der Waals surface area contributed by atoms with Crippen molar-refractivity contribution in [1.29, 1.82) is 0 Å². The summed E-state index contributed by atoms with van der Waals surface area (Å²) >= 11 is 1.81. The van der Waals surface area contributed by atoms with Crippen molar-refractivity contribution in [3.63, 3.8) is 0 Å². The molecule has 10 saturated heterocycles. The lowest BCUT2D eigenvalue weighted by atomic mass is 10.1. The second-order valence-corrected chi connectivity index (χ2v) is 23.7. The van der Waals surface area contributed by atoms with Gasteiger partial charge < -0.3 is 55.8 Å². The molecule has 10 heterocycles. The standard InChI is InChI=1S/C12H20N2O2.C11H19N3O2.C11H18N2O3.C11H18N2O2S.C10H17N3O2/c1-8(15)11-7-6-9-4-3-5-10(13-2)12(16)14(9)11;1-7(15)9-3-4-10-13-6-5-8(12-2)11(16)14(9)10;2*1-7(14)9-3-4-10-13(9)11(15)8(12-2)5-6-16-10;1-6(14)8-3-4-9-12-5-7(11-2)10(15)13(8)9/h9-11,13H,3-7H2,1-2H3;8-10,12-13H,3-6H2,1-2H3;2*8-10,12H,3-6H2,1-2H3;7-9,11-12H,3-5H2,1-2H3. The summed E-state index contributed by atoms with van der Waals surface area (Å²) in [7, 11) is 8.96. The molecule has 15 atom stereocenters. The minimum absolute atomic E-state index is 0.00250. The van der Waals surface area contributed by atoms with Gasteiger partial charge in [-0.05, 0) is 185 Å². The van der Waals surface area contributed by atoms with E-state index in [9.17, 15) is 47.9 Å². The molecule has 0 aromatic carbocycles. The second-order valence-electron chi connectivity index (χ2n) is 22.4. The summed E-state index contributed by atoms with van der Waals surface area (Å²) in [5.74, 6) is 1.83. The highest BCUT2D eigenvalue weighted by molar-refractivity contribution is 7.99. The van der Waals surface area contributed by atoms with Gasteiger partial charge >= 0.3 is 0 Å². The van der Waals surface area contributed by atoms with Crippen LogP contribution in [0.25, 0.3) is 0 Å². The third-order valence-electron chi connectivity index (χ3n) is 17.6. The molecule has 24 heteroatoms. The third-order valence-corrected chi connectivity index (χ3v) is 18.9. The van der Waals surface area contributed by atoms with E-state index in [0.717, 1.165) is 109 Å². The summed E-state index contributed by atoms with van der Waals surface area (Å²) in [6.07, 6.45) is 13.7. The van der Waals surface area contributed by atoms with Crippen molar-refractivity contribution in [3.8, 4) is 0 Å². The Hall–Kier alpha value is -4.27. The first-order chi connectivity index (χ1) is 37.7. The Kier molecular flexibility index (Phi) is 24.0. The average molecular weight is 1130 g/mol. The van der Waals surface area contributed by atoms with Gasteiger partial charge in [0.2, 0.25) is 29.5 Å². The van der Waals surface area contributed by atoms with Crippen LogP contribution in [-0.4, -0.2) is 234 Å². The van der Waals surface area contributed by atoms with Crippen LogP contribution in [0.3, 0.4) is 0 Å². The van der Waals surface area contributed by atoms with Gasteiger partial charge in [0.05, 0.1) is 84.7 Å². The number of nitrogens with zero attached hydrogens (tertiary/aromatic N) is 5. The summed E-state index contributed by atoms with van der Waals surface area (Å²) in [5, 5.41) is 21.9. The Morgan fingerprint density at radius 2 is 0.848 bits per heavy atom. The van der Waals surface area contributed by atoms with E-state index in [1.54, 1.807) is 70.5 Å².